The molecule has 22 heavy (non-hydrogen) atoms. The van der Waals surface area contributed by atoms with Crippen LogP contribution >= 0.6 is 0 Å². The molecule has 0 bridgehead atoms. The van der Waals surface area contributed by atoms with Gasteiger partial charge in [0.1, 0.15) is 0 Å². The number of carbonyl (C=O) groups excluding carboxylic acids is 1. The molecule has 5 heteroatoms. The third-order valence-electron chi connectivity index (χ3n) is 4.19. The highest BCUT2D eigenvalue weighted by Crippen LogP contribution is 2.28. The van der Waals surface area contributed by atoms with Gasteiger partial charge in [-0.05, 0) is 38.1 Å². The molecule has 0 spiro atoms. The average Bonchev–Trinajstić information content (AvgIpc) is 2.94. The summed E-state index contributed by atoms with van der Waals surface area (Å²) in [5.41, 5.74) is 1.89. The molecule has 0 unspecified atom stereocenters. The lowest BCUT2D eigenvalue weighted by Crippen LogP contribution is -2.52. The van der Waals surface area contributed by atoms with E-state index in [2.05, 4.69) is 27.7 Å². The summed E-state index contributed by atoms with van der Waals surface area (Å²) in [4.78, 5) is 14.2. The van der Waals surface area contributed by atoms with Crippen LogP contribution in [0.15, 0.2) is 24.3 Å². The van der Waals surface area contributed by atoms with E-state index in [9.17, 15) is 9.90 Å². The Morgan fingerprint density at radius 3 is 2.59 bits per heavy atom. The van der Waals surface area contributed by atoms with Gasteiger partial charge in [0, 0.05) is 13.1 Å². The molecule has 2 rings (SSSR count). The van der Waals surface area contributed by atoms with E-state index in [1.807, 2.05) is 26.2 Å². The van der Waals surface area contributed by atoms with E-state index in [1.165, 1.54) is 5.56 Å². The molecule has 2 amide bonds. The second kappa shape index (κ2) is 7.61. The molecular weight excluding hydrogens is 278 g/mol. The van der Waals surface area contributed by atoms with Gasteiger partial charge in [-0.1, -0.05) is 37.1 Å². The molecule has 1 aromatic rings. The standard InChI is InChI=1S/C17H27N3O2/c1-20(2)12-15-7-5-6-14(10-15)11-18-16(22)19-17(13-21)8-3-4-9-17/h5-7,10,21H,3-4,8-9,11-13H2,1-2H3,(H2,18,19,22). The number of nitrogens with zero attached hydrogens (tertiary/aromatic N) is 1. The third-order valence-corrected chi connectivity index (χ3v) is 4.19. The summed E-state index contributed by atoms with van der Waals surface area (Å²) in [6.45, 7) is 1.39. The number of nitrogens with one attached hydrogen (secondary N) is 2. The number of hydrogen-bond acceptors (Lipinski definition) is 3. The molecule has 5 nitrogen and oxygen atoms in total. The van der Waals surface area contributed by atoms with Crippen molar-refractivity contribution in [1.29, 1.82) is 0 Å². The molecule has 0 atom stereocenters. The molecule has 0 radical (unpaired) electrons. The van der Waals surface area contributed by atoms with Crippen LogP contribution in [0.2, 0.25) is 0 Å². The summed E-state index contributed by atoms with van der Waals surface area (Å²) in [7, 11) is 4.07. The average molecular weight is 305 g/mol. The Balaban J connectivity index is 1.85. The molecule has 1 fully saturated rings. The smallest absolute Gasteiger partial charge is 0.315 e. The molecule has 122 valence electrons. The second-order valence-electron chi connectivity index (χ2n) is 6.51. The molecule has 1 aliphatic rings. The summed E-state index contributed by atoms with van der Waals surface area (Å²) in [6.07, 6.45) is 3.84. The Kier molecular flexibility index (Phi) is 5.80. The topological polar surface area (TPSA) is 64.6 Å². The minimum Gasteiger partial charge on any atom is -0.394 e. The molecule has 0 heterocycles. The number of carbonyl (C=O) groups is 1. The maximum absolute atomic E-state index is 12.1. The van der Waals surface area contributed by atoms with Crippen LogP contribution in [0.4, 0.5) is 4.79 Å². The largest absolute Gasteiger partial charge is 0.394 e. The SMILES string of the molecule is CN(C)Cc1cccc(CNC(=O)NC2(CO)CCCC2)c1. The van der Waals surface area contributed by atoms with Crippen LogP contribution in [-0.4, -0.2) is 42.3 Å². The fourth-order valence-electron chi connectivity index (χ4n) is 3.04. The lowest BCUT2D eigenvalue weighted by atomic mass is 9.99. The number of urea groups is 1. The van der Waals surface area contributed by atoms with E-state index in [1.54, 1.807) is 0 Å². The monoisotopic (exact) mass is 305 g/mol. The first kappa shape index (κ1) is 16.8. The van der Waals surface area contributed by atoms with Crippen LogP contribution in [-0.2, 0) is 13.1 Å². The molecule has 0 saturated heterocycles. The van der Waals surface area contributed by atoms with Gasteiger partial charge >= 0.3 is 6.03 Å². The van der Waals surface area contributed by atoms with Crippen molar-refractivity contribution in [1.82, 2.24) is 15.5 Å². The van der Waals surface area contributed by atoms with Gasteiger partial charge in [-0.25, -0.2) is 4.79 Å². The highest BCUT2D eigenvalue weighted by atomic mass is 16.3. The summed E-state index contributed by atoms with van der Waals surface area (Å²) in [5.74, 6) is 0. The maximum atomic E-state index is 12.1. The van der Waals surface area contributed by atoms with Gasteiger partial charge in [0.25, 0.3) is 0 Å². The Hall–Kier alpha value is -1.59. The highest BCUT2D eigenvalue weighted by Gasteiger charge is 2.34. The van der Waals surface area contributed by atoms with E-state index in [0.29, 0.717) is 6.54 Å². The third kappa shape index (κ3) is 4.71. The van der Waals surface area contributed by atoms with Crippen LogP contribution in [0.25, 0.3) is 0 Å². The van der Waals surface area contributed by atoms with Crippen molar-refractivity contribution in [3.63, 3.8) is 0 Å². The predicted molar refractivity (Wildman–Crippen MR) is 87.5 cm³/mol. The van der Waals surface area contributed by atoms with Gasteiger partial charge < -0.3 is 20.6 Å². The van der Waals surface area contributed by atoms with Gasteiger partial charge in [0.2, 0.25) is 0 Å². The Labute approximate surface area is 132 Å². The summed E-state index contributed by atoms with van der Waals surface area (Å²) in [5, 5.41) is 15.4. The van der Waals surface area contributed by atoms with Crippen LogP contribution < -0.4 is 10.6 Å². The van der Waals surface area contributed by atoms with Crippen LogP contribution in [0.5, 0.6) is 0 Å². The minimum atomic E-state index is -0.420. The highest BCUT2D eigenvalue weighted by molar-refractivity contribution is 5.74. The number of aliphatic hydroxyl groups is 1. The predicted octanol–water partition coefficient (Wildman–Crippen LogP) is 1.85. The first-order valence-corrected chi connectivity index (χ1v) is 7.92. The van der Waals surface area contributed by atoms with Crippen LogP contribution in [0, 0.1) is 0 Å². The lowest BCUT2D eigenvalue weighted by Gasteiger charge is -2.28. The summed E-state index contributed by atoms with van der Waals surface area (Å²) < 4.78 is 0. The number of benzene rings is 1. The van der Waals surface area contributed by atoms with E-state index in [-0.39, 0.29) is 12.6 Å². The maximum Gasteiger partial charge on any atom is 0.315 e. The van der Waals surface area contributed by atoms with E-state index in [4.69, 9.17) is 0 Å². The van der Waals surface area contributed by atoms with Crippen LogP contribution in [0.1, 0.15) is 36.8 Å². The summed E-state index contributed by atoms with van der Waals surface area (Å²) >= 11 is 0. The van der Waals surface area contributed by atoms with Crippen molar-refractivity contribution in [2.75, 3.05) is 20.7 Å². The van der Waals surface area contributed by atoms with Crippen molar-refractivity contribution in [2.45, 2.75) is 44.3 Å². The Morgan fingerprint density at radius 2 is 1.95 bits per heavy atom. The molecule has 1 aliphatic carbocycles. The lowest BCUT2D eigenvalue weighted by molar-refractivity contribution is 0.163. The van der Waals surface area contributed by atoms with E-state index >= 15 is 0 Å². The quantitative estimate of drug-likeness (QED) is 0.751. The molecular formula is C17H27N3O2. The number of hydrogen-bond donors (Lipinski definition) is 3. The zero-order valence-electron chi connectivity index (χ0n) is 13.6. The minimum absolute atomic E-state index is 0.0126. The number of amides is 2. The molecule has 0 aromatic heterocycles. The first-order chi connectivity index (χ1) is 10.5. The zero-order chi connectivity index (χ0) is 16.0. The molecule has 3 N–H and O–H groups in total. The summed E-state index contributed by atoms with van der Waals surface area (Å²) in [6, 6.07) is 8.02. The second-order valence-corrected chi connectivity index (χ2v) is 6.51. The van der Waals surface area contributed by atoms with Crippen LogP contribution in [0.3, 0.4) is 0 Å². The van der Waals surface area contributed by atoms with E-state index in [0.717, 1.165) is 37.8 Å². The Morgan fingerprint density at radius 1 is 1.27 bits per heavy atom. The fraction of sp³-hybridized carbons (Fsp3) is 0.588. The number of rotatable bonds is 6. The van der Waals surface area contributed by atoms with Crippen molar-refractivity contribution in [3.8, 4) is 0 Å². The Bertz CT molecular complexity index is 496. The zero-order valence-corrected chi connectivity index (χ0v) is 13.6. The number of aliphatic hydroxyl groups excluding tert-OH is 1. The molecule has 1 saturated carbocycles. The van der Waals surface area contributed by atoms with Gasteiger partial charge in [-0.15, -0.1) is 0 Å². The van der Waals surface area contributed by atoms with Crippen molar-refractivity contribution < 1.29 is 9.90 Å². The van der Waals surface area contributed by atoms with Gasteiger partial charge in [0.15, 0.2) is 0 Å². The van der Waals surface area contributed by atoms with Crippen molar-refractivity contribution in [3.05, 3.63) is 35.4 Å². The van der Waals surface area contributed by atoms with Gasteiger partial charge in [-0.2, -0.15) is 0 Å². The normalized spacial score (nSPS) is 16.7. The molecule has 0 aliphatic heterocycles. The molecule has 1 aromatic carbocycles. The van der Waals surface area contributed by atoms with Crippen molar-refractivity contribution >= 4 is 6.03 Å². The first-order valence-electron chi connectivity index (χ1n) is 7.92. The fourth-order valence-corrected chi connectivity index (χ4v) is 3.04. The van der Waals surface area contributed by atoms with Gasteiger partial charge in [-0.3, -0.25) is 0 Å². The van der Waals surface area contributed by atoms with Crippen molar-refractivity contribution in [2.24, 2.45) is 0 Å². The van der Waals surface area contributed by atoms with E-state index < -0.39 is 5.54 Å². The van der Waals surface area contributed by atoms with Gasteiger partial charge in [0.05, 0.1) is 12.1 Å².